The Hall–Kier alpha value is -0.610. The van der Waals surface area contributed by atoms with Gasteiger partial charge in [-0.05, 0) is 32.1 Å². The lowest BCUT2D eigenvalue weighted by atomic mass is 9.75. The average Bonchev–Trinajstić information content (AvgIpc) is 2.21. The molecule has 4 nitrogen and oxygen atoms in total. The van der Waals surface area contributed by atoms with Crippen molar-refractivity contribution < 1.29 is 9.90 Å². The number of aliphatic hydroxyl groups is 1. The lowest BCUT2D eigenvalue weighted by Crippen LogP contribution is -2.50. The first-order valence-corrected chi connectivity index (χ1v) is 6.33. The van der Waals surface area contributed by atoms with E-state index in [9.17, 15) is 4.79 Å². The van der Waals surface area contributed by atoms with Crippen LogP contribution in [0.25, 0.3) is 0 Å². The zero-order valence-corrected chi connectivity index (χ0v) is 10.0. The molecule has 0 aromatic heterocycles. The van der Waals surface area contributed by atoms with Crippen LogP contribution in [-0.4, -0.2) is 29.7 Å². The van der Waals surface area contributed by atoms with Crippen molar-refractivity contribution in [1.82, 2.24) is 5.32 Å². The van der Waals surface area contributed by atoms with E-state index in [0.717, 1.165) is 51.5 Å². The molecule has 0 heterocycles. The Kier molecular flexibility index (Phi) is 5.77. The van der Waals surface area contributed by atoms with E-state index in [0.29, 0.717) is 6.42 Å². The van der Waals surface area contributed by atoms with Crippen LogP contribution in [-0.2, 0) is 4.79 Å². The van der Waals surface area contributed by atoms with Crippen LogP contribution in [0.3, 0.4) is 0 Å². The number of amides is 1. The first-order chi connectivity index (χ1) is 7.66. The third-order valence-electron chi connectivity index (χ3n) is 3.27. The summed E-state index contributed by atoms with van der Waals surface area (Å²) in [5.41, 5.74) is 5.78. The minimum atomic E-state index is -0.207. The van der Waals surface area contributed by atoms with Crippen molar-refractivity contribution in [3.05, 3.63) is 0 Å². The fourth-order valence-corrected chi connectivity index (χ4v) is 2.01. The van der Waals surface area contributed by atoms with Crippen LogP contribution in [0.15, 0.2) is 0 Å². The fourth-order valence-electron chi connectivity index (χ4n) is 2.01. The van der Waals surface area contributed by atoms with Gasteiger partial charge in [-0.25, -0.2) is 0 Å². The summed E-state index contributed by atoms with van der Waals surface area (Å²) in [5, 5.41) is 11.5. The molecule has 0 aromatic rings. The highest BCUT2D eigenvalue weighted by atomic mass is 16.2. The van der Waals surface area contributed by atoms with E-state index < -0.39 is 0 Å². The molecule has 4 heteroatoms. The average molecular weight is 228 g/mol. The Labute approximate surface area is 97.6 Å². The number of nitrogens with two attached hydrogens (primary N) is 1. The molecule has 0 aromatic carbocycles. The SMILES string of the molecule is NC1(CC(=O)NCCCCCCO)CCC1. The molecule has 1 saturated carbocycles. The highest BCUT2D eigenvalue weighted by molar-refractivity contribution is 5.77. The molecule has 16 heavy (non-hydrogen) atoms. The maximum atomic E-state index is 11.5. The summed E-state index contributed by atoms with van der Waals surface area (Å²) >= 11 is 0. The normalized spacial score (nSPS) is 17.9. The van der Waals surface area contributed by atoms with Gasteiger partial charge in [-0.15, -0.1) is 0 Å². The third kappa shape index (κ3) is 4.94. The maximum absolute atomic E-state index is 11.5. The van der Waals surface area contributed by atoms with Crippen LogP contribution in [0, 0.1) is 0 Å². The quantitative estimate of drug-likeness (QED) is 0.541. The molecule has 0 radical (unpaired) electrons. The second kappa shape index (κ2) is 6.86. The van der Waals surface area contributed by atoms with Crippen molar-refractivity contribution in [1.29, 1.82) is 0 Å². The van der Waals surface area contributed by atoms with Crippen LogP contribution in [0.4, 0.5) is 0 Å². The van der Waals surface area contributed by atoms with E-state index in [-0.39, 0.29) is 18.1 Å². The van der Waals surface area contributed by atoms with Gasteiger partial charge >= 0.3 is 0 Å². The molecule has 1 amide bonds. The van der Waals surface area contributed by atoms with E-state index in [4.69, 9.17) is 10.8 Å². The summed E-state index contributed by atoms with van der Waals surface area (Å²) in [7, 11) is 0. The molecule has 0 atom stereocenters. The van der Waals surface area contributed by atoms with Gasteiger partial charge in [-0.3, -0.25) is 4.79 Å². The summed E-state index contributed by atoms with van der Waals surface area (Å²) in [6.07, 6.45) is 7.55. The predicted octanol–water partition coefficient (Wildman–Crippen LogP) is 0.927. The van der Waals surface area contributed by atoms with Crippen LogP contribution >= 0.6 is 0 Å². The van der Waals surface area contributed by atoms with Crippen LogP contribution in [0.1, 0.15) is 51.4 Å². The second-order valence-electron chi connectivity index (χ2n) is 4.88. The maximum Gasteiger partial charge on any atom is 0.221 e. The Morgan fingerprint density at radius 2 is 1.94 bits per heavy atom. The number of nitrogens with one attached hydrogen (secondary N) is 1. The summed E-state index contributed by atoms with van der Waals surface area (Å²) in [6, 6.07) is 0. The van der Waals surface area contributed by atoms with Gasteiger partial charge in [0, 0.05) is 25.1 Å². The Balaban J connectivity index is 1.94. The summed E-state index contributed by atoms with van der Waals surface area (Å²) < 4.78 is 0. The summed E-state index contributed by atoms with van der Waals surface area (Å²) in [4.78, 5) is 11.5. The van der Waals surface area contributed by atoms with E-state index >= 15 is 0 Å². The minimum Gasteiger partial charge on any atom is -0.396 e. The molecule has 1 aliphatic carbocycles. The predicted molar refractivity (Wildman–Crippen MR) is 63.9 cm³/mol. The van der Waals surface area contributed by atoms with Gasteiger partial charge in [0.25, 0.3) is 0 Å². The molecule has 4 N–H and O–H groups in total. The largest absolute Gasteiger partial charge is 0.396 e. The van der Waals surface area contributed by atoms with Gasteiger partial charge in [0.15, 0.2) is 0 Å². The summed E-state index contributed by atoms with van der Waals surface area (Å²) in [5.74, 6) is 0.0874. The zero-order valence-electron chi connectivity index (χ0n) is 10.0. The van der Waals surface area contributed by atoms with Crippen molar-refractivity contribution >= 4 is 5.91 Å². The van der Waals surface area contributed by atoms with Crippen molar-refractivity contribution in [3.63, 3.8) is 0 Å². The van der Waals surface area contributed by atoms with Gasteiger partial charge in [-0.2, -0.15) is 0 Å². The molecular weight excluding hydrogens is 204 g/mol. The Bertz CT molecular complexity index is 215. The Morgan fingerprint density at radius 3 is 2.50 bits per heavy atom. The Morgan fingerprint density at radius 1 is 1.25 bits per heavy atom. The minimum absolute atomic E-state index is 0.0874. The third-order valence-corrected chi connectivity index (χ3v) is 3.27. The molecule has 1 fully saturated rings. The molecule has 1 rings (SSSR count). The lowest BCUT2D eigenvalue weighted by Gasteiger charge is -2.37. The number of aliphatic hydroxyl groups excluding tert-OH is 1. The molecule has 0 unspecified atom stereocenters. The number of hydrogen-bond donors (Lipinski definition) is 3. The molecule has 0 spiro atoms. The van der Waals surface area contributed by atoms with Crippen molar-refractivity contribution in [2.45, 2.75) is 56.9 Å². The van der Waals surface area contributed by atoms with Crippen LogP contribution in [0.2, 0.25) is 0 Å². The summed E-state index contributed by atoms with van der Waals surface area (Å²) in [6.45, 7) is 1.00. The monoisotopic (exact) mass is 228 g/mol. The standard InChI is InChI=1S/C12H24N2O2/c13-12(6-5-7-12)10-11(16)14-8-3-1-2-4-9-15/h15H,1-10,13H2,(H,14,16). The topological polar surface area (TPSA) is 75.4 Å². The molecule has 1 aliphatic rings. The highest BCUT2D eigenvalue weighted by Crippen LogP contribution is 2.31. The van der Waals surface area contributed by atoms with Gasteiger partial charge in [-0.1, -0.05) is 12.8 Å². The van der Waals surface area contributed by atoms with Crippen molar-refractivity contribution in [2.75, 3.05) is 13.2 Å². The number of hydrogen-bond acceptors (Lipinski definition) is 3. The van der Waals surface area contributed by atoms with E-state index in [1.165, 1.54) is 0 Å². The van der Waals surface area contributed by atoms with E-state index in [2.05, 4.69) is 5.32 Å². The van der Waals surface area contributed by atoms with Crippen molar-refractivity contribution in [2.24, 2.45) is 5.73 Å². The first-order valence-electron chi connectivity index (χ1n) is 6.33. The number of carbonyl (C=O) groups excluding carboxylic acids is 1. The molecule has 0 aliphatic heterocycles. The van der Waals surface area contributed by atoms with Gasteiger partial charge in [0.05, 0.1) is 0 Å². The van der Waals surface area contributed by atoms with Gasteiger partial charge in [0.2, 0.25) is 5.91 Å². The number of carbonyl (C=O) groups is 1. The van der Waals surface area contributed by atoms with E-state index in [1.807, 2.05) is 0 Å². The molecule has 0 bridgehead atoms. The van der Waals surface area contributed by atoms with Gasteiger partial charge in [0.1, 0.15) is 0 Å². The van der Waals surface area contributed by atoms with E-state index in [1.54, 1.807) is 0 Å². The zero-order chi connectivity index (χ0) is 11.9. The fraction of sp³-hybridized carbons (Fsp3) is 0.917. The molecule has 94 valence electrons. The smallest absolute Gasteiger partial charge is 0.221 e. The first kappa shape index (κ1) is 13.5. The number of rotatable bonds is 8. The highest BCUT2D eigenvalue weighted by Gasteiger charge is 2.34. The number of unbranched alkanes of at least 4 members (excludes halogenated alkanes) is 3. The van der Waals surface area contributed by atoms with Gasteiger partial charge < -0.3 is 16.2 Å². The molecule has 0 saturated heterocycles. The lowest BCUT2D eigenvalue weighted by molar-refractivity contribution is -0.123. The second-order valence-corrected chi connectivity index (χ2v) is 4.88. The molecular formula is C12H24N2O2. The van der Waals surface area contributed by atoms with Crippen LogP contribution in [0.5, 0.6) is 0 Å². The van der Waals surface area contributed by atoms with Crippen molar-refractivity contribution in [3.8, 4) is 0 Å². The van der Waals surface area contributed by atoms with Crippen LogP contribution < -0.4 is 11.1 Å².